The number of aryl methyl sites for hydroxylation is 1. The third-order valence-electron chi connectivity index (χ3n) is 7.66. The molecule has 8 nitrogen and oxygen atoms in total. The van der Waals surface area contributed by atoms with Crippen LogP contribution in [0.3, 0.4) is 0 Å². The van der Waals surface area contributed by atoms with Gasteiger partial charge in [0, 0.05) is 24.0 Å². The first-order chi connectivity index (χ1) is 19.3. The molecule has 0 radical (unpaired) electrons. The molecule has 3 heterocycles. The van der Waals surface area contributed by atoms with Gasteiger partial charge >= 0.3 is 0 Å². The quantitative estimate of drug-likeness (QED) is 0.241. The van der Waals surface area contributed by atoms with Crippen molar-refractivity contribution in [1.29, 1.82) is 0 Å². The summed E-state index contributed by atoms with van der Waals surface area (Å²) in [4.78, 5) is 21.8. The molecule has 1 saturated carbocycles. The minimum Gasteiger partial charge on any atom is -0.383 e. The van der Waals surface area contributed by atoms with E-state index in [1.807, 2.05) is 36.4 Å². The normalized spacial score (nSPS) is 14.7. The number of pyridine rings is 2. The zero-order valence-electron chi connectivity index (χ0n) is 22.1. The number of nitrogens with one attached hydrogen (secondary N) is 1. The molecule has 3 aromatic heterocycles. The third-order valence-corrected chi connectivity index (χ3v) is 7.66. The number of amides is 1. The summed E-state index contributed by atoms with van der Waals surface area (Å²) in [5, 5.41) is 8.95. The van der Waals surface area contributed by atoms with Gasteiger partial charge in [-0.1, -0.05) is 25.0 Å². The van der Waals surface area contributed by atoms with E-state index in [1.165, 1.54) is 23.6 Å². The Morgan fingerprint density at radius 1 is 1.05 bits per heavy atom. The van der Waals surface area contributed by atoms with Gasteiger partial charge in [0.05, 0.1) is 22.6 Å². The molecular formula is C31H30FN7O. The van der Waals surface area contributed by atoms with E-state index < -0.39 is 17.3 Å². The van der Waals surface area contributed by atoms with E-state index in [2.05, 4.69) is 20.4 Å². The van der Waals surface area contributed by atoms with Crippen LogP contribution in [0.4, 0.5) is 15.9 Å². The smallest absolute Gasteiger partial charge is 0.274 e. The van der Waals surface area contributed by atoms with E-state index >= 15 is 4.39 Å². The van der Waals surface area contributed by atoms with Crippen molar-refractivity contribution in [2.45, 2.75) is 38.1 Å². The largest absolute Gasteiger partial charge is 0.383 e. The molecular weight excluding hydrogens is 505 g/mol. The SMILES string of the molecule is Cc1cc(C(=O)Nc2cc(C(N)(CCC3CC3)c3ccncc3)ccc2F)n(-c2ccc3ccnc(N)c3c2)n1. The summed E-state index contributed by atoms with van der Waals surface area (Å²) in [6.07, 6.45) is 9.16. The Labute approximate surface area is 231 Å². The average molecular weight is 536 g/mol. The fraction of sp³-hybridized carbons (Fsp3) is 0.226. The van der Waals surface area contributed by atoms with Crippen molar-refractivity contribution in [2.24, 2.45) is 11.7 Å². The fourth-order valence-electron chi connectivity index (χ4n) is 5.20. The molecule has 5 N–H and O–H groups in total. The second kappa shape index (κ2) is 10.2. The Morgan fingerprint density at radius 2 is 1.85 bits per heavy atom. The molecule has 1 aliphatic carbocycles. The van der Waals surface area contributed by atoms with E-state index in [9.17, 15) is 4.79 Å². The van der Waals surface area contributed by atoms with Gasteiger partial charge in [0.15, 0.2) is 0 Å². The highest BCUT2D eigenvalue weighted by Crippen LogP contribution is 2.40. The molecule has 1 aliphatic rings. The van der Waals surface area contributed by atoms with Crippen LogP contribution in [-0.2, 0) is 5.54 Å². The van der Waals surface area contributed by atoms with E-state index in [1.54, 1.807) is 43.7 Å². The molecule has 0 spiro atoms. The number of aromatic nitrogens is 4. The summed E-state index contributed by atoms with van der Waals surface area (Å²) in [6, 6.07) is 17.6. The molecule has 40 heavy (non-hydrogen) atoms. The van der Waals surface area contributed by atoms with Crippen molar-refractivity contribution in [2.75, 3.05) is 11.1 Å². The predicted molar refractivity (Wildman–Crippen MR) is 154 cm³/mol. The van der Waals surface area contributed by atoms with Crippen LogP contribution in [0.25, 0.3) is 16.5 Å². The Morgan fingerprint density at radius 3 is 2.62 bits per heavy atom. The summed E-state index contributed by atoms with van der Waals surface area (Å²) in [6.45, 7) is 1.79. The van der Waals surface area contributed by atoms with Gasteiger partial charge < -0.3 is 16.8 Å². The molecule has 2 aromatic carbocycles. The van der Waals surface area contributed by atoms with Crippen molar-refractivity contribution >= 4 is 28.2 Å². The van der Waals surface area contributed by atoms with Crippen LogP contribution in [0.1, 0.15) is 53.0 Å². The molecule has 1 unspecified atom stereocenters. The number of nitrogen functional groups attached to an aromatic ring is 1. The van der Waals surface area contributed by atoms with Gasteiger partial charge in [-0.25, -0.2) is 14.1 Å². The molecule has 0 bridgehead atoms. The lowest BCUT2D eigenvalue weighted by Crippen LogP contribution is -2.38. The topological polar surface area (TPSA) is 125 Å². The van der Waals surface area contributed by atoms with Gasteiger partial charge in [0.2, 0.25) is 0 Å². The minimum absolute atomic E-state index is 0.0511. The predicted octanol–water partition coefficient (Wildman–Crippen LogP) is 5.49. The van der Waals surface area contributed by atoms with Crippen molar-refractivity contribution < 1.29 is 9.18 Å². The number of rotatable bonds is 8. The summed E-state index contributed by atoms with van der Waals surface area (Å²) >= 11 is 0. The number of anilines is 2. The Balaban J connectivity index is 1.34. The Hall–Kier alpha value is -4.63. The van der Waals surface area contributed by atoms with Crippen LogP contribution in [0, 0.1) is 18.7 Å². The third kappa shape index (κ3) is 4.91. The number of carbonyl (C=O) groups is 1. The van der Waals surface area contributed by atoms with E-state index in [0.29, 0.717) is 29.5 Å². The summed E-state index contributed by atoms with van der Waals surface area (Å²) in [5.41, 5.74) is 15.5. The number of benzene rings is 2. The lowest BCUT2D eigenvalue weighted by atomic mass is 9.79. The molecule has 5 aromatic rings. The molecule has 6 rings (SSSR count). The highest BCUT2D eigenvalue weighted by atomic mass is 19.1. The second-order valence-corrected chi connectivity index (χ2v) is 10.5. The van der Waals surface area contributed by atoms with Crippen molar-refractivity contribution in [3.05, 3.63) is 108 Å². The minimum atomic E-state index is -0.851. The van der Waals surface area contributed by atoms with Crippen molar-refractivity contribution in [3.63, 3.8) is 0 Å². The van der Waals surface area contributed by atoms with Crippen LogP contribution >= 0.6 is 0 Å². The van der Waals surface area contributed by atoms with E-state index in [0.717, 1.165) is 28.3 Å². The summed E-state index contributed by atoms with van der Waals surface area (Å²) < 4.78 is 16.6. The number of carbonyl (C=O) groups excluding carboxylic acids is 1. The van der Waals surface area contributed by atoms with Gasteiger partial charge in [-0.15, -0.1) is 0 Å². The Bertz CT molecular complexity index is 1710. The Kier molecular flexibility index (Phi) is 6.51. The highest BCUT2D eigenvalue weighted by molar-refractivity contribution is 6.04. The molecule has 1 fully saturated rings. The lowest BCUT2D eigenvalue weighted by molar-refractivity contribution is 0.101. The van der Waals surface area contributed by atoms with Crippen LogP contribution < -0.4 is 16.8 Å². The lowest BCUT2D eigenvalue weighted by Gasteiger charge is -2.31. The van der Waals surface area contributed by atoms with Gasteiger partial charge in [0.25, 0.3) is 5.91 Å². The first-order valence-corrected chi connectivity index (χ1v) is 13.3. The molecule has 202 valence electrons. The van der Waals surface area contributed by atoms with E-state index in [4.69, 9.17) is 11.5 Å². The number of halogens is 1. The van der Waals surface area contributed by atoms with Gasteiger partial charge in [-0.05, 0) is 90.7 Å². The maximum absolute atomic E-state index is 15.1. The first-order valence-electron chi connectivity index (χ1n) is 13.3. The number of hydrogen-bond acceptors (Lipinski definition) is 6. The maximum Gasteiger partial charge on any atom is 0.274 e. The van der Waals surface area contributed by atoms with Crippen LogP contribution in [0.2, 0.25) is 0 Å². The van der Waals surface area contributed by atoms with Gasteiger partial charge in [-0.2, -0.15) is 5.10 Å². The summed E-state index contributed by atoms with van der Waals surface area (Å²) in [5.74, 6) is 0.00699. The molecule has 0 saturated heterocycles. The van der Waals surface area contributed by atoms with E-state index in [-0.39, 0.29) is 11.4 Å². The zero-order valence-corrected chi connectivity index (χ0v) is 22.1. The van der Waals surface area contributed by atoms with Crippen molar-refractivity contribution in [3.8, 4) is 5.69 Å². The number of nitrogens with zero attached hydrogens (tertiary/aromatic N) is 4. The highest BCUT2D eigenvalue weighted by Gasteiger charge is 2.33. The average Bonchev–Trinajstić information content (AvgIpc) is 3.72. The first kappa shape index (κ1) is 25.6. The molecule has 9 heteroatoms. The van der Waals surface area contributed by atoms with Gasteiger partial charge in [0.1, 0.15) is 17.3 Å². The fourth-order valence-corrected chi connectivity index (χ4v) is 5.20. The molecule has 1 atom stereocenters. The number of hydrogen-bond donors (Lipinski definition) is 3. The number of fused-ring (bicyclic) bond motifs is 1. The van der Waals surface area contributed by atoms with Crippen molar-refractivity contribution in [1.82, 2.24) is 19.7 Å². The maximum atomic E-state index is 15.1. The second-order valence-electron chi connectivity index (χ2n) is 10.5. The molecule has 0 aliphatic heterocycles. The zero-order chi connectivity index (χ0) is 27.9. The molecule has 1 amide bonds. The van der Waals surface area contributed by atoms with Crippen LogP contribution in [0.5, 0.6) is 0 Å². The summed E-state index contributed by atoms with van der Waals surface area (Å²) in [7, 11) is 0. The number of nitrogens with two attached hydrogens (primary N) is 2. The van der Waals surface area contributed by atoms with Crippen LogP contribution in [0.15, 0.2) is 79.3 Å². The standard InChI is InChI=1S/C31H30FN7O/c1-19-16-28(39(38-19)24-6-4-21-9-15-36-29(33)25(21)18-24)30(40)37-27-17-23(5-7-26(27)32)31(34,12-8-20-2-3-20)22-10-13-35-14-11-22/h4-7,9-11,13-18,20H,2-3,8,12,34H2,1H3,(H2,33,36)(H,37,40). The van der Waals surface area contributed by atoms with Crippen LogP contribution in [-0.4, -0.2) is 25.7 Å². The van der Waals surface area contributed by atoms with Gasteiger partial charge in [-0.3, -0.25) is 9.78 Å². The monoisotopic (exact) mass is 535 g/mol.